The molecule has 0 spiro atoms. The second kappa shape index (κ2) is 7.11. The van der Waals surface area contributed by atoms with Crippen LogP contribution in [0.5, 0.6) is 0 Å². The van der Waals surface area contributed by atoms with Crippen LogP contribution in [0.4, 0.5) is 11.5 Å². The topological polar surface area (TPSA) is 73.4 Å². The van der Waals surface area contributed by atoms with Gasteiger partial charge in [0.1, 0.15) is 10.7 Å². The standard InChI is InChI=1S/C21H26N6OS/c1-12(2)26-6-8-27(9-7-26)16-11-23-18-14(25-16)4-5-15-17(18)19-20(29-15)21(28)24-13(3)10-22-19/h4-5,11-13,22H,6-10H2,1-3H3,(H,24,28)/t13-/m1/s1. The predicted molar refractivity (Wildman–Crippen MR) is 119 cm³/mol. The van der Waals surface area contributed by atoms with Gasteiger partial charge in [-0.05, 0) is 32.9 Å². The number of anilines is 2. The second-order valence-corrected chi connectivity index (χ2v) is 9.27. The lowest BCUT2D eigenvalue weighted by Crippen LogP contribution is -2.49. The molecule has 0 radical (unpaired) electrons. The minimum atomic E-state index is -0.0144. The van der Waals surface area contributed by atoms with Gasteiger partial charge < -0.3 is 15.5 Å². The minimum absolute atomic E-state index is 0.0144. The lowest BCUT2D eigenvalue weighted by Gasteiger charge is -2.37. The van der Waals surface area contributed by atoms with Crippen molar-refractivity contribution >= 4 is 49.9 Å². The van der Waals surface area contributed by atoms with E-state index in [-0.39, 0.29) is 11.9 Å². The molecule has 1 fully saturated rings. The van der Waals surface area contributed by atoms with E-state index >= 15 is 0 Å². The highest BCUT2D eigenvalue weighted by molar-refractivity contribution is 7.21. The third-order valence-corrected chi connectivity index (χ3v) is 7.04. The van der Waals surface area contributed by atoms with E-state index in [0.29, 0.717) is 12.6 Å². The van der Waals surface area contributed by atoms with Gasteiger partial charge in [0.2, 0.25) is 0 Å². The first-order chi connectivity index (χ1) is 14.0. The van der Waals surface area contributed by atoms with E-state index in [2.05, 4.69) is 40.3 Å². The van der Waals surface area contributed by atoms with Crippen molar-refractivity contribution in [3.05, 3.63) is 23.2 Å². The molecular weight excluding hydrogens is 384 g/mol. The van der Waals surface area contributed by atoms with Crippen LogP contribution >= 0.6 is 11.3 Å². The zero-order valence-corrected chi connectivity index (χ0v) is 17.8. The summed E-state index contributed by atoms with van der Waals surface area (Å²) in [7, 11) is 0. The number of piperazine rings is 1. The van der Waals surface area contributed by atoms with Gasteiger partial charge in [-0.25, -0.2) is 9.97 Å². The van der Waals surface area contributed by atoms with Gasteiger partial charge in [0.15, 0.2) is 0 Å². The lowest BCUT2D eigenvalue weighted by atomic mass is 10.1. The molecule has 8 heteroatoms. The Labute approximate surface area is 174 Å². The van der Waals surface area contributed by atoms with Crippen molar-refractivity contribution < 1.29 is 4.79 Å². The number of amides is 1. The van der Waals surface area contributed by atoms with Crippen molar-refractivity contribution in [1.82, 2.24) is 20.2 Å². The van der Waals surface area contributed by atoms with Crippen LogP contribution < -0.4 is 15.5 Å². The molecule has 2 aromatic heterocycles. The molecular formula is C21H26N6OS. The zero-order chi connectivity index (χ0) is 20.1. The molecule has 2 N–H and O–H groups in total. The number of carbonyl (C=O) groups excluding carboxylic acids is 1. The zero-order valence-electron chi connectivity index (χ0n) is 17.0. The lowest BCUT2D eigenvalue weighted by molar-refractivity contribution is 0.0949. The van der Waals surface area contributed by atoms with Gasteiger partial charge in [0.25, 0.3) is 5.91 Å². The van der Waals surface area contributed by atoms with Crippen molar-refractivity contribution in [3.63, 3.8) is 0 Å². The Morgan fingerprint density at radius 2 is 2.00 bits per heavy atom. The molecule has 1 saturated heterocycles. The number of hydrogen-bond donors (Lipinski definition) is 2. The van der Waals surface area contributed by atoms with Gasteiger partial charge in [0, 0.05) is 54.9 Å². The maximum atomic E-state index is 12.6. The number of thiophene rings is 1. The minimum Gasteiger partial charge on any atom is -0.381 e. The van der Waals surface area contributed by atoms with E-state index in [1.807, 2.05) is 19.2 Å². The summed E-state index contributed by atoms with van der Waals surface area (Å²) in [6.07, 6.45) is 1.89. The van der Waals surface area contributed by atoms with Crippen molar-refractivity contribution in [1.29, 1.82) is 0 Å². The number of nitrogens with one attached hydrogen (secondary N) is 2. The van der Waals surface area contributed by atoms with Crippen LogP contribution in [0.2, 0.25) is 0 Å². The SMILES string of the molecule is CC(C)N1CCN(c2cnc3c(ccc4sc5c(c43)NC[C@@H](C)NC5=O)n2)CC1. The van der Waals surface area contributed by atoms with Crippen LogP contribution in [-0.4, -0.2) is 65.6 Å². The first kappa shape index (κ1) is 18.6. The highest BCUT2D eigenvalue weighted by Gasteiger charge is 2.26. The molecule has 1 atom stereocenters. The molecule has 1 aromatic carbocycles. The fraction of sp³-hybridized carbons (Fsp3) is 0.476. The summed E-state index contributed by atoms with van der Waals surface area (Å²) < 4.78 is 1.06. The quantitative estimate of drug-likeness (QED) is 0.677. The Balaban J connectivity index is 1.53. The van der Waals surface area contributed by atoms with E-state index in [1.165, 1.54) is 11.3 Å². The van der Waals surface area contributed by atoms with E-state index in [9.17, 15) is 4.79 Å². The summed E-state index contributed by atoms with van der Waals surface area (Å²) in [6, 6.07) is 4.75. The molecule has 0 bridgehead atoms. The maximum Gasteiger partial charge on any atom is 0.263 e. The highest BCUT2D eigenvalue weighted by atomic mass is 32.1. The van der Waals surface area contributed by atoms with Gasteiger partial charge >= 0.3 is 0 Å². The predicted octanol–water partition coefficient (Wildman–Crippen LogP) is 2.92. The average molecular weight is 411 g/mol. The van der Waals surface area contributed by atoms with Crippen molar-refractivity contribution in [2.24, 2.45) is 0 Å². The number of hydrogen-bond acceptors (Lipinski definition) is 7. The highest BCUT2D eigenvalue weighted by Crippen LogP contribution is 2.40. The Morgan fingerprint density at radius 3 is 2.76 bits per heavy atom. The summed E-state index contributed by atoms with van der Waals surface area (Å²) in [4.78, 5) is 27.8. The molecule has 4 heterocycles. The number of aromatic nitrogens is 2. The Kier molecular flexibility index (Phi) is 4.55. The van der Waals surface area contributed by atoms with Crippen LogP contribution in [0.25, 0.3) is 21.1 Å². The van der Waals surface area contributed by atoms with Crippen LogP contribution in [-0.2, 0) is 0 Å². The number of nitrogens with zero attached hydrogens (tertiary/aromatic N) is 4. The van der Waals surface area contributed by atoms with Gasteiger partial charge in [-0.15, -0.1) is 11.3 Å². The number of rotatable bonds is 2. The van der Waals surface area contributed by atoms with Crippen LogP contribution in [0, 0.1) is 0 Å². The molecule has 1 amide bonds. The normalized spacial score (nSPS) is 20.6. The van der Waals surface area contributed by atoms with E-state index in [1.54, 1.807) is 0 Å². The van der Waals surface area contributed by atoms with Gasteiger partial charge in [-0.2, -0.15) is 0 Å². The Bertz CT molecular complexity index is 1090. The summed E-state index contributed by atoms with van der Waals surface area (Å²) in [5.41, 5.74) is 2.63. The first-order valence-corrected chi connectivity index (χ1v) is 11.1. The molecule has 0 aliphatic carbocycles. The average Bonchev–Trinajstić information content (AvgIpc) is 3.04. The number of carbonyl (C=O) groups is 1. The summed E-state index contributed by atoms with van der Waals surface area (Å²) in [5.74, 6) is 0.917. The summed E-state index contributed by atoms with van der Waals surface area (Å²) in [6.45, 7) is 11.2. The van der Waals surface area contributed by atoms with Crippen molar-refractivity contribution in [2.75, 3.05) is 42.9 Å². The van der Waals surface area contributed by atoms with E-state index in [4.69, 9.17) is 9.97 Å². The molecule has 152 valence electrons. The molecule has 5 rings (SSSR count). The van der Waals surface area contributed by atoms with Gasteiger partial charge in [-0.1, -0.05) is 0 Å². The Hall–Kier alpha value is -2.45. The van der Waals surface area contributed by atoms with Gasteiger partial charge in [0.05, 0.1) is 22.9 Å². The first-order valence-electron chi connectivity index (χ1n) is 10.3. The molecule has 2 aliphatic rings. The molecule has 29 heavy (non-hydrogen) atoms. The van der Waals surface area contributed by atoms with Crippen LogP contribution in [0.15, 0.2) is 18.3 Å². The number of benzene rings is 1. The van der Waals surface area contributed by atoms with Gasteiger partial charge in [-0.3, -0.25) is 9.69 Å². The molecule has 0 unspecified atom stereocenters. The Morgan fingerprint density at radius 1 is 1.21 bits per heavy atom. The number of fused-ring (bicyclic) bond motifs is 5. The van der Waals surface area contributed by atoms with Crippen molar-refractivity contribution in [2.45, 2.75) is 32.9 Å². The fourth-order valence-corrected chi connectivity index (χ4v) is 5.29. The van der Waals surface area contributed by atoms with Crippen LogP contribution in [0.3, 0.4) is 0 Å². The third kappa shape index (κ3) is 3.20. The molecule has 3 aromatic rings. The summed E-state index contributed by atoms with van der Waals surface area (Å²) in [5, 5.41) is 7.50. The van der Waals surface area contributed by atoms with E-state index in [0.717, 1.165) is 63.7 Å². The van der Waals surface area contributed by atoms with E-state index < -0.39 is 0 Å². The van der Waals surface area contributed by atoms with Crippen LogP contribution in [0.1, 0.15) is 30.4 Å². The monoisotopic (exact) mass is 410 g/mol. The molecule has 7 nitrogen and oxygen atoms in total. The summed E-state index contributed by atoms with van der Waals surface area (Å²) >= 11 is 1.51. The van der Waals surface area contributed by atoms with Crippen molar-refractivity contribution in [3.8, 4) is 0 Å². The fourth-order valence-electron chi connectivity index (χ4n) is 4.20. The smallest absolute Gasteiger partial charge is 0.263 e. The molecule has 2 aliphatic heterocycles. The molecule has 0 saturated carbocycles. The largest absolute Gasteiger partial charge is 0.381 e. The second-order valence-electron chi connectivity index (χ2n) is 8.21. The maximum absolute atomic E-state index is 12.6. The third-order valence-electron chi connectivity index (χ3n) is 5.89.